The van der Waals surface area contributed by atoms with E-state index in [0.29, 0.717) is 18.3 Å². The highest BCUT2D eigenvalue weighted by atomic mass is 16.5. The van der Waals surface area contributed by atoms with E-state index in [1.165, 1.54) is 5.57 Å². The van der Waals surface area contributed by atoms with E-state index in [0.717, 1.165) is 56.9 Å². The fourth-order valence-electron chi connectivity index (χ4n) is 13.1. The van der Waals surface area contributed by atoms with E-state index in [4.69, 9.17) is 4.74 Å². The fraction of sp³-hybridized carbons (Fsp3) is 0.860. The molecule has 1 amide bonds. The van der Waals surface area contributed by atoms with Crippen LogP contribution in [0.25, 0.3) is 0 Å². The Kier molecular flexibility index (Phi) is 10.9. The molecule has 0 saturated heterocycles. The number of likely N-dealkylation sites (N-methyl/N-ethyl adjacent to an activating group) is 1. The number of carboxylic acid groups (broad SMARTS) is 1. The Hall–Kier alpha value is -2.26. The molecular formula is C43H70N2O7. The van der Waals surface area contributed by atoms with Crippen LogP contribution in [-0.2, 0) is 23.9 Å². The molecule has 4 fully saturated rings. The average molecular weight is 727 g/mol. The van der Waals surface area contributed by atoms with Gasteiger partial charge in [0.25, 0.3) is 0 Å². The van der Waals surface area contributed by atoms with Gasteiger partial charge in [-0.2, -0.15) is 0 Å². The van der Waals surface area contributed by atoms with Crippen LogP contribution in [-0.4, -0.2) is 77.1 Å². The summed E-state index contributed by atoms with van der Waals surface area (Å²) in [4.78, 5) is 53.9. The topological polar surface area (TPSA) is 133 Å². The third-order valence-corrected chi connectivity index (χ3v) is 16.1. The lowest BCUT2D eigenvalue weighted by atomic mass is 9.33. The quantitative estimate of drug-likeness (QED) is 0.191. The second-order valence-corrected chi connectivity index (χ2v) is 20.2. The van der Waals surface area contributed by atoms with Crippen molar-refractivity contribution in [1.29, 1.82) is 0 Å². The second-order valence-electron chi connectivity index (χ2n) is 20.2. The SMILES string of the molecule is CNCC(=O)N(CC(O)C12CCC3(C)C(CCC4C5(C)CCC(OC(=O)CC(C)(C)C(=O)O)C(C)(C)C5CCC43C)C1=C(C(C)C)C(=O)C2)C(C)C. The monoisotopic (exact) mass is 727 g/mol. The predicted octanol–water partition coefficient (Wildman–Crippen LogP) is 7.20. The molecule has 9 heteroatoms. The standard InChI is InChI=1S/C43H70N2O7/c1-25(2)35-28(46)21-43(31(47)24-45(26(3)4)33(48)23-44-12)20-19-41(10)27(36(35)43)13-14-30-40(9)17-16-32(52-34(49)22-38(5,6)37(50)51)39(7,8)29(40)15-18-42(30,41)11/h25-27,29-32,44,47H,13-24H2,1-12H3,(H,50,51). The van der Waals surface area contributed by atoms with Gasteiger partial charge in [0.2, 0.25) is 5.91 Å². The van der Waals surface area contributed by atoms with Gasteiger partial charge < -0.3 is 25.2 Å². The van der Waals surface area contributed by atoms with E-state index < -0.39 is 28.9 Å². The molecule has 0 aromatic rings. The van der Waals surface area contributed by atoms with Crippen molar-refractivity contribution in [1.82, 2.24) is 10.2 Å². The number of carbonyl (C=O) groups excluding carboxylic acids is 3. The Morgan fingerprint density at radius 2 is 1.58 bits per heavy atom. The van der Waals surface area contributed by atoms with Crippen LogP contribution in [0.2, 0.25) is 0 Å². The number of carboxylic acids is 1. The van der Waals surface area contributed by atoms with E-state index in [1.807, 2.05) is 13.8 Å². The summed E-state index contributed by atoms with van der Waals surface area (Å²) in [6.45, 7) is 23.8. The molecule has 52 heavy (non-hydrogen) atoms. The highest BCUT2D eigenvalue weighted by Crippen LogP contribution is 2.77. The third-order valence-electron chi connectivity index (χ3n) is 16.1. The molecule has 5 rings (SSSR count). The number of hydrogen-bond donors (Lipinski definition) is 3. The Morgan fingerprint density at radius 1 is 0.923 bits per heavy atom. The van der Waals surface area contributed by atoms with Crippen LogP contribution in [0.5, 0.6) is 0 Å². The van der Waals surface area contributed by atoms with Gasteiger partial charge in [-0.05, 0) is 132 Å². The van der Waals surface area contributed by atoms with Gasteiger partial charge in [0.1, 0.15) is 6.10 Å². The van der Waals surface area contributed by atoms with Crippen molar-refractivity contribution in [2.75, 3.05) is 20.1 Å². The molecule has 294 valence electrons. The number of aliphatic carboxylic acids is 1. The van der Waals surface area contributed by atoms with Crippen LogP contribution in [0, 0.1) is 56.2 Å². The van der Waals surface area contributed by atoms with Crippen molar-refractivity contribution in [3.05, 3.63) is 11.1 Å². The molecule has 3 N–H and O–H groups in total. The molecule has 0 aromatic heterocycles. The molecular weight excluding hydrogens is 656 g/mol. The summed E-state index contributed by atoms with van der Waals surface area (Å²) in [7, 11) is 1.76. The number of allylic oxidation sites excluding steroid dienone is 1. The van der Waals surface area contributed by atoms with Gasteiger partial charge in [-0.15, -0.1) is 0 Å². The van der Waals surface area contributed by atoms with Gasteiger partial charge in [0.05, 0.1) is 24.5 Å². The number of rotatable bonds is 11. The summed E-state index contributed by atoms with van der Waals surface area (Å²) in [6, 6.07) is -0.0698. The van der Waals surface area contributed by atoms with Crippen molar-refractivity contribution < 1.29 is 34.1 Å². The number of aliphatic hydroxyl groups excluding tert-OH is 1. The molecule has 5 aliphatic carbocycles. The second kappa shape index (κ2) is 13.8. The molecule has 0 aromatic carbocycles. The number of hydrogen-bond acceptors (Lipinski definition) is 7. The number of fused-ring (bicyclic) bond motifs is 7. The number of esters is 1. The zero-order valence-electron chi connectivity index (χ0n) is 34.4. The minimum Gasteiger partial charge on any atom is -0.481 e. The van der Waals surface area contributed by atoms with Gasteiger partial charge in [0.15, 0.2) is 5.78 Å². The molecule has 0 heterocycles. The fourth-order valence-corrected chi connectivity index (χ4v) is 13.1. The first-order valence-corrected chi connectivity index (χ1v) is 20.3. The van der Waals surface area contributed by atoms with Crippen LogP contribution in [0.4, 0.5) is 0 Å². The molecule has 0 radical (unpaired) electrons. The summed E-state index contributed by atoms with van der Waals surface area (Å²) >= 11 is 0. The summed E-state index contributed by atoms with van der Waals surface area (Å²) in [5, 5.41) is 24.9. The van der Waals surface area contributed by atoms with Crippen LogP contribution in [0.1, 0.15) is 140 Å². The zero-order valence-corrected chi connectivity index (χ0v) is 34.4. The smallest absolute Gasteiger partial charge is 0.309 e. The van der Waals surface area contributed by atoms with Gasteiger partial charge in [-0.25, -0.2) is 0 Å². The van der Waals surface area contributed by atoms with Gasteiger partial charge in [0, 0.05) is 29.8 Å². The molecule has 4 saturated carbocycles. The van der Waals surface area contributed by atoms with Crippen molar-refractivity contribution in [2.45, 2.75) is 159 Å². The number of amides is 1. The number of nitrogens with one attached hydrogen (secondary N) is 1. The van der Waals surface area contributed by atoms with E-state index in [-0.39, 0.29) is 76.8 Å². The minimum absolute atomic E-state index is 0.0108. The lowest BCUT2D eigenvalue weighted by Crippen LogP contribution is -2.66. The molecule has 9 unspecified atom stereocenters. The van der Waals surface area contributed by atoms with Gasteiger partial charge in [-0.1, -0.05) is 54.0 Å². The van der Waals surface area contributed by atoms with Crippen molar-refractivity contribution >= 4 is 23.6 Å². The van der Waals surface area contributed by atoms with Crippen LogP contribution in [0.3, 0.4) is 0 Å². The number of ketones is 1. The summed E-state index contributed by atoms with van der Waals surface area (Å²) in [6.07, 6.45) is 6.57. The highest BCUT2D eigenvalue weighted by molar-refractivity contribution is 6.00. The van der Waals surface area contributed by atoms with Crippen molar-refractivity contribution in [3.8, 4) is 0 Å². The summed E-state index contributed by atoms with van der Waals surface area (Å²) in [5.41, 5.74) is 0.0323. The largest absolute Gasteiger partial charge is 0.481 e. The van der Waals surface area contributed by atoms with Gasteiger partial charge >= 0.3 is 11.9 Å². The highest BCUT2D eigenvalue weighted by Gasteiger charge is 2.71. The Balaban J connectivity index is 1.46. The number of ether oxygens (including phenoxy) is 1. The Morgan fingerprint density at radius 3 is 2.15 bits per heavy atom. The lowest BCUT2D eigenvalue weighted by molar-refractivity contribution is -0.235. The van der Waals surface area contributed by atoms with Crippen molar-refractivity contribution in [2.24, 2.45) is 56.2 Å². The van der Waals surface area contributed by atoms with E-state index in [2.05, 4.69) is 53.8 Å². The summed E-state index contributed by atoms with van der Waals surface area (Å²) < 4.78 is 6.16. The normalized spacial score (nSPS) is 37.6. The number of aliphatic hydroxyl groups is 1. The number of nitrogens with zero attached hydrogens (tertiary/aromatic N) is 1. The maximum absolute atomic E-state index is 14.1. The third kappa shape index (κ3) is 6.20. The lowest BCUT2D eigenvalue weighted by Gasteiger charge is -2.72. The molecule has 0 bridgehead atoms. The first kappa shape index (κ1) is 40.9. The minimum atomic E-state index is -1.18. The molecule has 9 nitrogen and oxygen atoms in total. The van der Waals surface area contributed by atoms with Crippen molar-refractivity contribution in [3.63, 3.8) is 0 Å². The molecule has 0 spiro atoms. The Labute approximate surface area is 313 Å². The van der Waals surface area contributed by atoms with E-state index in [1.54, 1.807) is 25.8 Å². The summed E-state index contributed by atoms with van der Waals surface area (Å²) in [5.74, 6) is -0.251. The molecule has 9 atom stereocenters. The Bertz CT molecular complexity index is 1480. The zero-order chi connectivity index (χ0) is 39.0. The maximum Gasteiger partial charge on any atom is 0.309 e. The number of carbonyl (C=O) groups is 4. The first-order valence-electron chi connectivity index (χ1n) is 20.3. The van der Waals surface area contributed by atoms with E-state index >= 15 is 0 Å². The predicted molar refractivity (Wildman–Crippen MR) is 202 cm³/mol. The molecule has 0 aliphatic heterocycles. The molecule has 5 aliphatic rings. The average Bonchev–Trinajstić information content (AvgIpc) is 3.34. The first-order chi connectivity index (χ1) is 23.9. The van der Waals surface area contributed by atoms with Crippen LogP contribution >= 0.6 is 0 Å². The maximum atomic E-state index is 14.1. The van der Waals surface area contributed by atoms with Gasteiger partial charge in [-0.3, -0.25) is 19.2 Å². The van der Waals surface area contributed by atoms with Crippen LogP contribution in [0.15, 0.2) is 11.1 Å². The number of Topliss-reactive ketones (excluding diaryl/α,β-unsaturated/α-hetero) is 1. The van der Waals surface area contributed by atoms with Crippen LogP contribution < -0.4 is 5.32 Å². The van der Waals surface area contributed by atoms with E-state index in [9.17, 15) is 29.4 Å².